The van der Waals surface area contributed by atoms with Crippen molar-refractivity contribution in [1.29, 1.82) is 0 Å². The van der Waals surface area contributed by atoms with Crippen molar-refractivity contribution < 1.29 is 4.74 Å². The molecule has 1 aliphatic rings. The molecule has 0 radical (unpaired) electrons. The lowest BCUT2D eigenvalue weighted by molar-refractivity contribution is 0.316. The Morgan fingerprint density at radius 1 is 0.938 bits per heavy atom. The Morgan fingerprint density at radius 2 is 1.62 bits per heavy atom. The first-order chi connectivity index (χ1) is 15.3. The molecule has 1 aliphatic heterocycles. The van der Waals surface area contributed by atoms with Crippen LogP contribution in [-0.2, 0) is 0 Å². The molecule has 0 saturated carbocycles. The molecule has 4 rings (SSSR count). The van der Waals surface area contributed by atoms with Gasteiger partial charge in [0.05, 0.1) is 6.54 Å². The molecule has 0 unspecified atom stereocenters. The summed E-state index contributed by atoms with van der Waals surface area (Å²) in [6.45, 7) is 4.71. The molecule has 1 aromatic heterocycles. The van der Waals surface area contributed by atoms with E-state index < -0.39 is 0 Å². The fourth-order valence-electron chi connectivity index (χ4n) is 3.68. The highest BCUT2D eigenvalue weighted by atomic mass is 127. The highest BCUT2D eigenvalue weighted by Crippen LogP contribution is 2.29. The van der Waals surface area contributed by atoms with Crippen LogP contribution in [0.4, 0.5) is 5.95 Å². The first kappa shape index (κ1) is 23.8. The second-order valence-corrected chi connectivity index (χ2v) is 7.21. The van der Waals surface area contributed by atoms with E-state index in [1.54, 1.807) is 12.4 Å². The minimum Gasteiger partial charge on any atom is -0.491 e. The smallest absolute Gasteiger partial charge is 0.225 e. The van der Waals surface area contributed by atoms with Crippen LogP contribution in [0.5, 0.6) is 5.75 Å². The van der Waals surface area contributed by atoms with Gasteiger partial charge in [0.1, 0.15) is 12.4 Å². The van der Waals surface area contributed by atoms with E-state index in [1.165, 1.54) is 0 Å². The van der Waals surface area contributed by atoms with Crippen molar-refractivity contribution in [3.8, 4) is 16.9 Å². The molecule has 1 fully saturated rings. The average molecular weight is 544 g/mol. The summed E-state index contributed by atoms with van der Waals surface area (Å²) in [4.78, 5) is 17.6. The molecule has 0 amide bonds. The van der Waals surface area contributed by atoms with Gasteiger partial charge in [-0.2, -0.15) is 0 Å². The van der Waals surface area contributed by atoms with Gasteiger partial charge in [-0.3, -0.25) is 4.99 Å². The van der Waals surface area contributed by atoms with Crippen LogP contribution in [0.2, 0.25) is 0 Å². The van der Waals surface area contributed by atoms with Crippen molar-refractivity contribution in [3.63, 3.8) is 0 Å². The minimum absolute atomic E-state index is 0. The number of para-hydroxylation sites is 1. The third-order valence-corrected chi connectivity index (χ3v) is 5.24. The van der Waals surface area contributed by atoms with Crippen molar-refractivity contribution in [3.05, 3.63) is 73.1 Å². The number of piperazine rings is 1. The van der Waals surface area contributed by atoms with Gasteiger partial charge >= 0.3 is 0 Å². The summed E-state index contributed by atoms with van der Waals surface area (Å²) < 4.78 is 6.09. The number of rotatable bonds is 6. The zero-order chi connectivity index (χ0) is 21.3. The summed E-state index contributed by atoms with van der Waals surface area (Å²) in [5, 5.41) is 3.42. The maximum Gasteiger partial charge on any atom is 0.225 e. The van der Waals surface area contributed by atoms with Gasteiger partial charge < -0.3 is 19.9 Å². The standard InChI is InChI=1S/C24H28N6O.HI/c1-25-23(29-15-17-30(18-16-29)24-26-12-7-13-27-24)28-14-19-31-22-11-6-5-10-21(22)20-8-3-2-4-9-20;/h2-13H,14-19H2,1H3,(H,25,28);1H. The van der Waals surface area contributed by atoms with Crippen LogP contribution in [0.15, 0.2) is 78.0 Å². The van der Waals surface area contributed by atoms with E-state index in [0.717, 1.165) is 55.0 Å². The SMILES string of the molecule is CN=C(NCCOc1ccccc1-c1ccccc1)N1CCN(c2ncccn2)CC1.I. The van der Waals surface area contributed by atoms with Gasteiger partial charge in [-0.05, 0) is 17.7 Å². The zero-order valence-corrected chi connectivity index (χ0v) is 20.6. The maximum absolute atomic E-state index is 6.09. The molecule has 1 N–H and O–H groups in total. The minimum atomic E-state index is 0. The second-order valence-electron chi connectivity index (χ2n) is 7.21. The van der Waals surface area contributed by atoms with Crippen LogP contribution in [-0.4, -0.2) is 67.2 Å². The molecular weight excluding hydrogens is 515 g/mol. The number of aromatic nitrogens is 2. The number of guanidine groups is 1. The van der Waals surface area contributed by atoms with Crippen molar-refractivity contribution in [2.45, 2.75) is 0 Å². The number of hydrogen-bond acceptors (Lipinski definition) is 5. The van der Waals surface area contributed by atoms with E-state index in [0.29, 0.717) is 13.2 Å². The Labute approximate surface area is 206 Å². The first-order valence-corrected chi connectivity index (χ1v) is 10.6. The van der Waals surface area contributed by atoms with E-state index in [9.17, 15) is 0 Å². The van der Waals surface area contributed by atoms with Gasteiger partial charge in [0.2, 0.25) is 5.95 Å². The maximum atomic E-state index is 6.09. The lowest BCUT2D eigenvalue weighted by atomic mass is 10.1. The van der Waals surface area contributed by atoms with Gasteiger partial charge in [0, 0.05) is 51.2 Å². The zero-order valence-electron chi connectivity index (χ0n) is 18.2. The highest BCUT2D eigenvalue weighted by Gasteiger charge is 2.20. The number of benzene rings is 2. The summed E-state index contributed by atoms with van der Waals surface area (Å²) in [5.41, 5.74) is 2.26. The molecule has 2 aromatic carbocycles. The summed E-state index contributed by atoms with van der Waals surface area (Å²) >= 11 is 0. The number of halogens is 1. The van der Waals surface area contributed by atoms with Crippen molar-refractivity contribution in [2.24, 2.45) is 4.99 Å². The van der Waals surface area contributed by atoms with E-state index >= 15 is 0 Å². The van der Waals surface area contributed by atoms with Crippen LogP contribution in [0.3, 0.4) is 0 Å². The number of nitrogens with zero attached hydrogens (tertiary/aromatic N) is 5. The number of anilines is 1. The molecule has 0 bridgehead atoms. The number of ether oxygens (including phenoxy) is 1. The Balaban J connectivity index is 0.00000289. The van der Waals surface area contributed by atoms with Gasteiger partial charge in [-0.25, -0.2) is 9.97 Å². The monoisotopic (exact) mass is 544 g/mol. The Kier molecular flexibility index (Phi) is 9.09. The van der Waals surface area contributed by atoms with E-state index in [4.69, 9.17) is 4.74 Å². The van der Waals surface area contributed by atoms with Crippen molar-refractivity contribution >= 4 is 35.9 Å². The second kappa shape index (κ2) is 12.2. The molecule has 0 aliphatic carbocycles. The summed E-state index contributed by atoms with van der Waals surface area (Å²) in [7, 11) is 1.82. The molecule has 3 aromatic rings. The van der Waals surface area contributed by atoms with Crippen LogP contribution >= 0.6 is 24.0 Å². The molecule has 8 heteroatoms. The normalized spacial score (nSPS) is 14.0. The number of hydrogen-bond donors (Lipinski definition) is 1. The molecular formula is C24H29IN6O. The van der Waals surface area contributed by atoms with E-state index in [-0.39, 0.29) is 24.0 Å². The molecule has 7 nitrogen and oxygen atoms in total. The third-order valence-electron chi connectivity index (χ3n) is 5.24. The predicted molar refractivity (Wildman–Crippen MR) is 140 cm³/mol. The average Bonchev–Trinajstić information content (AvgIpc) is 2.86. The Morgan fingerprint density at radius 3 is 2.34 bits per heavy atom. The molecule has 0 spiro atoms. The molecule has 168 valence electrons. The number of aliphatic imine (C=N–C) groups is 1. The van der Waals surface area contributed by atoms with Crippen LogP contribution in [0, 0.1) is 0 Å². The lowest BCUT2D eigenvalue weighted by Crippen LogP contribution is -2.53. The van der Waals surface area contributed by atoms with Gasteiger partial charge in [0.15, 0.2) is 5.96 Å². The quantitative estimate of drug-likeness (QED) is 0.222. The summed E-state index contributed by atoms with van der Waals surface area (Å²) in [6, 6.07) is 20.3. The first-order valence-electron chi connectivity index (χ1n) is 10.6. The molecule has 2 heterocycles. The van der Waals surface area contributed by atoms with Crippen LogP contribution < -0.4 is 15.0 Å². The van der Waals surface area contributed by atoms with Crippen LogP contribution in [0.25, 0.3) is 11.1 Å². The molecule has 0 atom stereocenters. The number of nitrogens with one attached hydrogen (secondary N) is 1. The fraction of sp³-hybridized carbons (Fsp3) is 0.292. The predicted octanol–water partition coefficient (Wildman–Crippen LogP) is 3.54. The fourth-order valence-corrected chi connectivity index (χ4v) is 3.68. The van der Waals surface area contributed by atoms with E-state index in [2.05, 4.69) is 48.3 Å². The lowest BCUT2D eigenvalue weighted by Gasteiger charge is -2.36. The Hall–Kier alpha value is -2.88. The van der Waals surface area contributed by atoms with Gasteiger partial charge in [-0.1, -0.05) is 48.5 Å². The van der Waals surface area contributed by atoms with Crippen molar-refractivity contribution in [2.75, 3.05) is 51.3 Å². The summed E-state index contributed by atoms with van der Waals surface area (Å²) in [5.74, 6) is 2.58. The van der Waals surface area contributed by atoms with Gasteiger partial charge in [-0.15, -0.1) is 24.0 Å². The van der Waals surface area contributed by atoms with Crippen LogP contribution in [0.1, 0.15) is 0 Å². The topological polar surface area (TPSA) is 65.9 Å². The summed E-state index contributed by atoms with van der Waals surface area (Å²) in [6.07, 6.45) is 3.57. The molecule has 32 heavy (non-hydrogen) atoms. The van der Waals surface area contributed by atoms with Gasteiger partial charge in [0.25, 0.3) is 0 Å². The third kappa shape index (κ3) is 6.09. The van der Waals surface area contributed by atoms with E-state index in [1.807, 2.05) is 49.5 Å². The highest BCUT2D eigenvalue weighted by molar-refractivity contribution is 14.0. The Bertz CT molecular complexity index is 978. The largest absolute Gasteiger partial charge is 0.491 e. The van der Waals surface area contributed by atoms with Crippen molar-refractivity contribution in [1.82, 2.24) is 20.2 Å². The molecule has 1 saturated heterocycles.